The van der Waals surface area contributed by atoms with Crippen LogP contribution in [0.1, 0.15) is 24.6 Å². The van der Waals surface area contributed by atoms with Crippen LogP contribution in [0.5, 0.6) is 0 Å². The van der Waals surface area contributed by atoms with Crippen LogP contribution in [-0.4, -0.2) is 28.0 Å². The third-order valence-corrected chi connectivity index (χ3v) is 3.96. The highest BCUT2D eigenvalue weighted by Crippen LogP contribution is 2.29. The van der Waals surface area contributed by atoms with Gasteiger partial charge in [0.2, 0.25) is 0 Å². The molecule has 1 aromatic heterocycles. The Bertz CT molecular complexity index is 478. The molecule has 0 aromatic carbocycles. The first-order valence-corrected chi connectivity index (χ1v) is 7.60. The van der Waals surface area contributed by atoms with E-state index >= 15 is 0 Å². The zero-order chi connectivity index (χ0) is 15.3. The van der Waals surface area contributed by atoms with Gasteiger partial charge in [0, 0.05) is 11.8 Å². The monoisotopic (exact) mass is 323 g/mol. The molecule has 0 fully saturated rings. The molecule has 20 heavy (non-hydrogen) atoms. The van der Waals surface area contributed by atoms with Gasteiger partial charge >= 0.3 is 6.18 Å². The van der Waals surface area contributed by atoms with Crippen LogP contribution >= 0.6 is 24.0 Å². The smallest absolute Gasteiger partial charge is 0.389 e. The van der Waals surface area contributed by atoms with Gasteiger partial charge in [0.25, 0.3) is 0 Å². The van der Waals surface area contributed by atoms with Crippen molar-refractivity contribution in [2.24, 2.45) is 5.73 Å². The Morgan fingerprint density at radius 3 is 2.65 bits per heavy atom. The van der Waals surface area contributed by atoms with Gasteiger partial charge in [-0.3, -0.25) is 0 Å². The summed E-state index contributed by atoms with van der Waals surface area (Å²) in [7, 11) is 0. The Morgan fingerprint density at radius 1 is 1.50 bits per heavy atom. The number of anilines is 1. The summed E-state index contributed by atoms with van der Waals surface area (Å²) in [6.45, 7) is 2.55. The van der Waals surface area contributed by atoms with E-state index in [9.17, 15) is 13.2 Å². The Labute approximate surface area is 125 Å². The van der Waals surface area contributed by atoms with Gasteiger partial charge in [-0.05, 0) is 24.8 Å². The highest BCUT2D eigenvalue weighted by atomic mass is 32.2. The number of alkyl halides is 3. The largest absolute Gasteiger partial charge is 0.433 e. The SMILES string of the molecule is CSC(C)CCNc1nc(C(F)(F)F)ccc1C(N)=S. The number of thioether (sulfide) groups is 1. The summed E-state index contributed by atoms with van der Waals surface area (Å²) < 4.78 is 37.9. The van der Waals surface area contributed by atoms with Crippen LogP contribution in [0.2, 0.25) is 0 Å². The van der Waals surface area contributed by atoms with Gasteiger partial charge in [0.05, 0.1) is 5.56 Å². The molecule has 8 heteroatoms. The maximum Gasteiger partial charge on any atom is 0.433 e. The normalized spacial score (nSPS) is 13.1. The number of hydrogen-bond acceptors (Lipinski definition) is 4. The first kappa shape index (κ1) is 17.0. The van der Waals surface area contributed by atoms with E-state index in [0.717, 1.165) is 12.5 Å². The predicted molar refractivity (Wildman–Crippen MR) is 81.2 cm³/mol. The lowest BCUT2D eigenvalue weighted by Gasteiger charge is -2.14. The summed E-state index contributed by atoms with van der Waals surface area (Å²) in [6, 6.07) is 2.13. The number of pyridine rings is 1. The van der Waals surface area contributed by atoms with Crippen LogP contribution in [0.4, 0.5) is 19.0 Å². The average Bonchev–Trinajstić information content (AvgIpc) is 2.37. The number of nitrogens with one attached hydrogen (secondary N) is 1. The molecule has 1 unspecified atom stereocenters. The second-order valence-electron chi connectivity index (χ2n) is 4.22. The standard InChI is InChI=1S/C12H16F3N3S2/c1-7(20-2)5-6-17-11-8(10(16)19)3-4-9(18-11)12(13,14)15/h3-4,7H,5-6H2,1-2H3,(H2,16,19)(H,17,18). The number of thiocarbonyl (C=S) groups is 1. The molecule has 0 aliphatic heterocycles. The summed E-state index contributed by atoms with van der Waals surface area (Å²) in [5.74, 6) is 0.0839. The number of nitrogens with zero attached hydrogens (tertiary/aromatic N) is 1. The maximum atomic E-state index is 12.6. The van der Waals surface area contributed by atoms with E-state index in [0.29, 0.717) is 17.4 Å². The lowest BCUT2D eigenvalue weighted by Crippen LogP contribution is -2.18. The molecule has 0 aliphatic rings. The molecule has 0 spiro atoms. The number of nitrogens with two attached hydrogens (primary N) is 1. The van der Waals surface area contributed by atoms with Crippen molar-refractivity contribution in [3.8, 4) is 0 Å². The molecule has 0 bridgehead atoms. The molecule has 0 radical (unpaired) electrons. The van der Waals surface area contributed by atoms with Crippen molar-refractivity contribution in [3.05, 3.63) is 23.4 Å². The van der Waals surface area contributed by atoms with Crippen molar-refractivity contribution in [3.63, 3.8) is 0 Å². The van der Waals surface area contributed by atoms with Crippen LogP contribution in [-0.2, 0) is 6.18 Å². The van der Waals surface area contributed by atoms with Gasteiger partial charge in [0.1, 0.15) is 16.5 Å². The molecular formula is C12H16F3N3S2. The molecule has 3 nitrogen and oxygen atoms in total. The molecule has 3 N–H and O–H groups in total. The van der Waals surface area contributed by atoms with Gasteiger partial charge in [0.15, 0.2) is 0 Å². The molecule has 1 heterocycles. The molecule has 1 aromatic rings. The fraction of sp³-hybridized carbons (Fsp3) is 0.500. The fourth-order valence-corrected chi connectivity index (χ4v) is 1.98. The molecule has 0 aliphatic carbocycles. The van der Waals surface area contributed by atoms with Crippen molar-refractivity contribution in [2.45, 2.75) is 24.8 Å². The fourth-order valence-electron chi connectivity index (χ4n) is 1.46. The average molecular weight is 323 g/mol. The molecular weight excluding hydrogens is 307 g/mol. The van der Waals surface area contributed by atoms with E-state index in [1.54, 1.807) is 11.8 Å². The minimum Gasteiger partial charge on any atom is -0.389 e. The Kier molecular flexibility index (Phi) is 6.07. The quantitative estimate of drug-likeness (QED) is 0.787. The van der Waals surface area contributed by atoms with Crippen LogP contribution < -0.4 is 11.1 Å². The van der Waals surface area contributed by atoms with E-state index in [1.165, 1.54) is 6.07 Å². The Balaban J connectivity index is 2.92. The number of hydrogen-bond donors (Lipinski definition) is 2. The lowest BCUT2D eigenvalue weighted by molar-refractivity contribution is -0.141. The molecule has 0 amide bonds. The highest BCUT2D eigenvalue weighted by molar-refractivity contribution is 7.99. The second kappa shape index (κ2) is 7.12. The summed E-state index contributed by atoms with van der Waals surface area (Å²) in [5.41, 5.74) is 4.86. The summed E-state index contributed by atoms with van der Waals surface area (Å²) in [5, 5.41) is 3.28. The van der Waals surface area contributed by atoms with Crippen molar-refractivity contribution < 1.29 is 13.2 Å². The van der Waals surface area contributed by atoms with E-state index in [-0.39, 0.29) is 10.8 Å². The van der Waals surface area contributed by atoms with E-state index in [1.807, 2.05) is 13.2 Å². The minimum absolute atomic E-state index is 0.0200. The number of halogens is 3. The van der Waals surface area contributed by atoms with Crippen LogP contribution in [0.15, 0.2) is 12.1 Å². The number of aromatic nitrogens is 1. The minimum atomic E-state index is -4.49. The van der Waals surface area contributed by atoms with Gasteiger partial charge in [-0.25, -0.2) is 4.98 Å². The number of rotatable bonds is 6. The van der Waals surface area contributed by atoms with Crippen molar-refractivity contribution in [2.75, 3.05) is 18.1 Å². The summed E-state index contributed by atoms with van der Waals surface area (Å²) >= 11 is 6.51. The topological polar surface area (TPSA) is 50.9 Å². The van der Waals surface area contributed by atoms with E-state index in [2.05, 4.69) is 10.3 Å². The molecule has 1 atom stereocenters. The first-order chi connectivity index (χ1) is 9.25. The van der Waals surface area contributed by atoms with E-state index in [4.69, 9.17) is 18.0 Å². The van der Waals surface area contributed by atoms with Gasteiger partial charge in [-0.2, -0.15) is 24.9 Å². The van der Waals surface area contributed by atoms with Gasteiger partial charge < -0.3 is 11.1 Å². The maximum absolute atomic E-state index is 12.6. The Morgan fingerprint density at radius 2 is 2.15 bits per heavy atom. The summed E-state index contributed by atoms with van der Waals surface area (Å²) in [6.07, 6.45) is -1.71. The Hall–Kier alpha value is -1.02. The third kappa shape index (κ3) is 4.82. The van der Waals surface area contributed by atoms with E-state index < -0.39 is 11.9 Å². The van der Waals surface area contributed by atoms with Crippen molar-refractivity contribution >= 4 is 34.8 Å². The van der Waals surface area contributed by atoms with Crippen molar-refractivity contribution in [1.29, 1.82) is 0 Å². The zero-order valence-electron chi connectivity index (χ0n) is 11.1. The highest BCUT2D eigenvalue weighted by Gasteiger charge is 2.33. The van der Waals surface area contributed by atoms with Crippen molar-refractivity contribution in [1.82, 2.24) is 4.98 Å². The zero-order valence-corrected chi connectivity index (χ0v) is 12.8. The van der Waals surface area contributed by atoms with Crippen LogP contribution in [0.25, 0.3) is 0 Å². The molecule has 0 saturated heterocycles. The summed E-state index contributed by atoms with van der Waals surface area (Å²) in [4.78, 5) is 3.60. The lowest BCUT2D eigenvalue weighted by atomic mass is 10.2. The first-order valence-electron chi connectivity index (χ1n) is 5.90. The van der Waals surface area contributed by atoms with Crippen LogP contribution in [0, 0.1) is 0 Å². The van der Waals surface area contributed by atoms with Crippen LogP contribution in [0.3, 0.4) is 0 Å². The molecule has 0 saturated carbocycles. The predicted octanol–water partition coefficient (Wildman–Crippen LogP) is 3.29. The molecule has 1 rings (SSSR count). The van der Waals surface area contributed by atoms with Gasteiger partial charge in [-0.1, -0.05) is 19.1 Å². The molecule has 112 valence electrons. The van der Waals surface area contributed by atoms with Gasteiger partial charge in [-0.15, -0.1) is 0 Å². The second-order valence-corrected chi connectivity index (χ2v) is 5.93. The third-order valence-electron chi connectivity index (χ3n) is 2.70.